The molecule has 1 N–H and O–H groups in total. The molecule has 0 bridgehead atoms. The Kier molecular flexibility index (Phi) is 12.7. The van der Waals surface area contributed by atoms with Gasteiger partial charge in [-0.3, -0.25) is 9.89 Å². The van der Waals surface area contributed by atoms with Crippen molar-refractivity contribution < 1.29 is 4.74 Å². The summed E-state index contributed by atoms with van der Waals surface area (Å²) >= 11 is 0. The second-order valence-corrected chi connectivity index (χ2v) is 6.92. The maximum absolute atomic E-state index is 5.40. The third-order valence-electron chi connectivity index (χ3n) is 4.80. The average molecular weight is 488 g/mol. The van der Waals surface area contributed by atoms with Crippen LogP contribution in [0.25, 0.3) is 0 Å². The summed E-state index contributed by atoms with van der Waals surface area (Å²) in [5.74, 6) is 0.999. The van der Waals surface area contributed by atoms with Gasteiger partial charge in [-0.2, -0.15) is 0 Å². The van der Waals surface area contributed by atoms with Gasteiger partial charge in [-0.25, -0.2) is 0 Å². The van der Waals surface area contributed by atoms with Gasteiger partial charge in [-0.1, -0.05) is 31.2 Å². The molecule has 154 valence electrons. The highest BCUT2D eigenvalue weighted by Gasteiger charge is 2.09. The van der Waals surface area contributed by atoms with Crippen molar-refractivity contribution >= 4 is 29.9 Å². The van der Waals surface area contributed by atoms with Crippen molar-refractivity contribution in [3.63, 3.8) is 0 Å². The summed E-state index contributed by atoms with van der Waals surface area (Å²) in [4.78, 5) is 9.52. The van der Waals surface area contributed by atoms with Crippen molar-refractivity contribution in [2.75, 3.05) is 53.0 Å². The van der Waals surface area contributed by atoms with Crippen LogP contribution in [0.5, 0.6) is 0 Å². The lowest BCUT2D eigenvalue weighted by molar-refractivity contribution is 0.0373. The fourth-order valence-corrected chi connectivity index (χ4v) is 3.16. The van der Waals surface area contributed by atoms with E-state index in [1.54, 1.807) is 0 Å². The molecule has 0 saturated carbocycles. The zero-order valence-corrected chi connectivity index (χ0v) is 19.6. The van der Waals surface area contributed by atoms with Crippen molar-refractivity contribution in [3.05, 3.63) is 35.4 Å². The molecule has 1 heterocycles. The number of nitrogens with zero attached hydrogens (tertiary/aromatic N) is 3. The zero-order chi connectivity index (χ0) is 18.6. The van der Waals surface area contributed by atoms with E-state index in [9.17, 15) is 0 Å². The Balaban J connectivity index is 0.00000364. The smallest absolute Gasteiger partial charge is 0.193 e. The van der Waals surface area contributed by atoms with Crippen molar-refractivity contribution in [1.29, 1.82) is 0 Å². The molecule has 2 rings (SSSR count). The second kappa shape index (κ2) is 14.2. The van der Waals surface area contributed by atoms with E-state index in [1.807, 2.05) is 0 Å². The largest absolute Gasteiger partial charge is 0.379 e. The molecular weight excluding hydrogens is 451 g/mol. The third kappa shape index (κ3) is 9.25. The fraction of sp³-hybridized carbons (Fsp3) is 0.667. The monoisotopic (exact) mass is 488 g/mol. The van der Waals surface area contributed by atoms with E-state index in [2.05, 4.69) is 60.3 Å². The Labute approximate surface area is 182 Å². The minimum absolute atomic E-state index is 0. The number of ether oxygens (including phenoxy) is 1. The van der Waals surface area contributed by atoms with Crippen LogP contribution in [0.1, 0.15) is 37.8 Å². The van der Waals surface area contributed by atoms with Gasteiger partial charge in [0, 0.05) is 39.8 Å². The molecule has 27 heavy (non-hydrogen) atoms. The topological polar surface area (TPSA) is 40.1 Å². The van der Waals surface area contributed by atoms with Crippen molar-refractivity contribution in [2.45, 2.75) is 39.7 Å². The number of guanidine groups is 1. The van der Waals surface area contributed by atoms with Crippen LogP contribution in [0.4, 0.5) is 0 Å². The molecule has 0 amide bonds. The van der Waals surface area contributed by atoms with Gasteiger partial charge in [-0.05, 0) is 43.9 Å². The molecule has 1 saturated heterocycles. The van der Waals surface area contributed by atoms with Gasteiger partial charge >= 0.3 is 0 Å². The standard InChI is InChI=1S/C21H36N4O.HI/c1-4-19-8-10-20(11-9-19)18-24(3)21(22-5-2)23-12-6-7-13-25-14-16-26-17-15-25;/h8-11H,4-7,12-18H2,1-3H3,(H,22,23);1H. The molecule has 1 fully saturated rings. The molecule has 0 unspecified atom stereocenters. The van der Waals surface area contributed by atoms with Crippen molar-refractivity contribution in [2.24, 2.45) is 4.99 Å². The first-order valence-corrected chi connectivity index (χ1v) is 10.1. The fourth-order valence-electron chi connectivity index (χ4n) is 3.16. The minimum atomic E-state index is 0. The lowest BCUT2D eigenvalue weighted by Crippen LogP contribution is -2.38. The molecule has 1 aliphatic heterocycles. The summed E-state index contributed by atoms with van der Waals surface area (Å²) in [6.45, 7) is 12.0. The maximum atomic E-state index is 5.40. The van der Waals surface area contributed by atoms with Crippen LogP contribution in [0.15, 0.2) is 29.3 Å². The molecule has 1 aromatic rings. The van der Waals surface area contributed by atoms with Gasteiger partial charge in [0.2, 0.25) is 0 Å². The molecule has 0 spiro atoms. The highest BCUT2D eigenvalue weighted by Crippen LogP contribution is 2.08. The lowest BCUT2D eigenvalue weighted by atomic mass is 10.1. The van der Waals surface area contributed by atoms with Crippen LogP contribution in [0.3, 0.4) is 0 Å². The van der Waals surface area contributed by atoms with Gasteiger partial charge < -0.3 is 15.0 Å². The highest BCUT2D eigenvalue weighted by atomic mass is 127. The van der Waals surface area contributed by atoms with Gasteiger partial charge in [0.1, 0.15) is 0 Å². The van der Waals surface area contributed by atoms with Gasteiger partial charge in [-0.15, -0.1) is 24.0 Å². The number of hydrogen-bond acceptors (Lipinski definition) is 3. The highest BCUT2D eigenvalue weighted by molar-refractivity contribution is 14.0. The number of unbranched alkanes of at least 4 members (excludes halogenated alkanes) is 1. The van der Waals surface area contributed by atoms with Crippen LogP contribution in [0, 0.1) is 0 Å². The average Bonchev–Trinajstić information content (AvgIpc) is 2.68. The first-order chi connectivity index (χ1) is 12.7. The summed E-state index contributed by atoms with van der Waals surface area (Å²) in [5.41, 5.74) is 2.71. The van der Waals surface area contributed by atoms with Crippen LogP contribution < -0.4 is 5.32 Å². The first-order valence-electron chi connectivity index (χ1n) is 10.1. The summed E-state index contributed by atoms with van der Waals surface area (Å²) in [7, 11) is 2.11. The number of hydrogen-bond donors (Lipinski definition) is 1. The molecule has 0 atom stereocenters. The number of morpholine rings is 1. The lowest BCUT2D eigenvalue weighted by Gasteiger charge is -2.26. The molecule has 5 nitrogen and oxygen atoms in total. The van der Waals surface area contributed by atoms with E-state index in [0.717, 1.165) is 71.3 Å². The van der Waals surface area contributed by atoms with Gasteiger partial charge in [0.15, 0.2) is 5.96 Å². The molecule has 0 aliphatic carbocycles. The summed E-state index contributed by atoms with van der Waals surface area (Å²) < 4.78 is 5.40. The first kappa shape index (κ1) is 24.2. The van der Waals surface area contributed by atoms with Crippen LogP contribution in [-0.4, -0.2) is 68.7 Å². The van der Waals surface area contributed by atoms with Crippen LogP contribution >= 0.6 is 24.0 Å². The van der Waals surface area contributed by atoms with E-state index in [0.29, 0.717) is 0 Å². The number of aryl methyl sites for hydroxylation is 1. The van der Waals surface area contributed by atoms with Crippen LogP contribution in [0.2, 0.25) is 0 Å². The van der Waals surface area contributed by atoms with E-state index < -0.39 is 0 Å². The molecule has 1 aliphatic rings. The number of benzene rings is 1. The third-order valence-corrected chi connectivity index (χ3v) is 4.80. The normalized spacial score (nSPS) is 15.3. The van der Waals surface area contributed by atoms with Gasteiger partial charge in [0.05, 0.1) is 13.2 Å². The summed E-state index contributed by atoms with van der Waals surface area (Å²) in [6, 6.07) is 8.89. The molecule has 1 aromatic carbocycles. The van der Waals surface area contributed by atoms with Crippen molar-refractivity contribution in [3.8, 4) is 0 Å². The number of halogens is 1. The summed E-state index contributed by atoms with van der Waals surface area (Å²) in [6.07, 6.45) is 3.42. The van der Waals surface area contributed by atoms with E-state index >= 15 is 0 Å². The predicted octanol–water partition coefficient (Wildman–Crippen LogP) is 3.38. The Bertz CT molecular complexity index is 529. The van der Waals surface area contributed by atoms with Crippen molar-refractivity contribution in [1.82, 2.24) is 15.1 Å². The van der Waals surface area contributed by atoms with Crippen LogP contribution in [-0.2, 0) is 17.7 Å². The number of aliphatic imine (C=N–C) groups is 1. The van der Waals surface area contributed by atoms with Gasteiger partial charge in [0.25, 0.3) is 0 Å². The van der Waals surface area contributed by atoms with E-state index in [1.165, 1.54) is 17.5 Å². The Morgan fingerprint density at radius 3 is 2.41 bits per heavy atom. The maximum Gasteiger partial charge on any atom is 0.193 e. The predicted molar refractivity (Wildman–Crippen MR) is 125 cm³/mol. The molecule has 0 radical (unpaired) electrons. The SMILES string of the molecule is CCNC(=NCCCCN1CCOCC1)N(C)Cc1ccc(CC)cc1.I. The summed E-state index contributed by atoms with van der Waals surface area (Å²) in [5, 5.41) is 3.41. The molecule has 6 heteroatoms. The van der Waals surface area contributed by atoms with E-state index in [-0.39, 0.29) is 24.0 Å². The number of nitrogens with one attached hydrogen (secondary N) is 1. The number of rotatable bonds is 9. The second-order valence-electron chi connectivity index (χ2n) is 6.92. The zero-order valence-electron chi connectivity index (χ0n) is 17.2. The Morgan fingerprint density at radius 2 is 1.78 bits per heavy atom. The Morgan fingerprint density at radius 1 is 1.11 bits per heavy atom. The quantitative estimate of drug-likeness (QED) is 0.251. The molecule has 0 aromatic heterocycles. The minimum Gasteiger partial charge on any atom is -0.379 e. The molecular formula is C21H37IN4O. The Hall–Kier alpha value is -0.860. The van der Waals surface area contributed by atoms with E-state index in [4.69, 9.17) is 9.73 Å².